The molecule has 0 aromatic rings. The summed E-state index contributed by atoms with van der Waals surface area (Å²) in [6.45, 7) is 7.65. The van der Waals surface area contributed by atoms with Gasteiger partial charge in [0.15, 0.2) is 0 Å². The van der Waals surface area contributed by atoms with Crippen molar-refractivity contribution in [1.82, 2.24) is 0 Å². The van der Waals surface area contributed by atoms with Gasteiger partial charge in [0, 0.05) is 4.43 Å². The maximum Gasteiger partial charge on any atom is 0.309 e. The van der Waals surface area contributed by atoms with E-state index in [2.05, 4.69) is 22.6 Å². The Labute approximate surface area is 111 Å². The van der Waals surface area contributed by atoms with Gasteiger partial charge in [0.25, 0.3) is 0 Å². The first-order valence-corrected chi connectivity index (χ1v) is 6.86. The summed E-state index contributed by atoms with van der Waals surface area (Å²) in [5.74, 6) is -1.28. The second-order valence-corrected chi connectivity index (χ2v) is 5.71. The third kappa shape index (κ3) is 7.40. The van der Waals surface area contributed by atoms with Crippen molar-refractivity contribution in [3.05, 3.63) is 0 Å². The standard InChI is InChI=1S/C11H21IO4/c1-11(2,3)9(10(13)14)8-16-7-6-15-5-4-12/h9H,4-8H2,1-3H3,(H,13,14). The van der Waals surface area contributed by atoms with E-state index in [1.165, 1.54) is 0 Å². The highest BCUT2D eigenvalue weighted by Gasteiger charge is 2.31. The van der Waals surface area contributed by atoms with Gasteiger partial charge in [-0.1, -0.05) is 43.4 Å². The van der Waals surface area contributed by atoms with E-state index in [-0.39, 0.29) is 12.0 Å². The molecule has 0 amide bonds. The van der Waals surface area contributed by atoms with E-state index in [0.29, 0.717) is 19.8 Å². The smallest absolute Gasteiger partial charge is 0.309 e. The summed E-state index contributed by atoms with van der Waals surface area (Å²) in [5.41, 5.74) is -0.283. The molecule has 16 heavy (non-hydrogen) atoms. The molecule has 0 aliphatic carbocycles. The van der Waals surface area contributed by atoms with E-state index in [1.54, 1.807) is 0 Å². The van der Waals surface area contributed by atoms with Gasteiger partial charge in [-0.2, -0.15) is 0 Å². The van der Waals surface area contributed by atoms with Crippen LogP contribution in [0.1, 0.15) is 20.8 Å². The molecule has 4 nitrogen and oxygen atoms in total. The van der Waals surface area contributed by atoms with Crippen LogP contribution in [0.2, 0.25) is 0 Å². The summed E-state index contributed by atoms with van der Waals surface area (Å²) in [7, 11) is 0. The third-order valence-electron chi connectivity index (χ3n) is 2.22. The summed E-state index contributed by atoms with van der Waals surface area (Å²) in [5, 5.41) is 9.04. The minimum atomic E-state index is -0.805. The van der Waals surface area contributed by atoms with Crippen molar-refractivity contribution in [2.75, 3.05) is 30.9 Å². The number of carbonyl (C=O) groups is 1. The van der Waals surface area contributed by atoms with Crippen molar-refractivity contribution >= 4 is 28.6 Å². The summed E-state index contributed by atoms with van der Waals surface area (Å²) in [6, 6.07) is 0. The van der Waals surface area contributed by atoms with Crippen LogP contribution in [0.25, 0.3) is 0 Å². The van der Waals surface area contributed by atoms with Crippen LogP contribution in [0.3, 0.4) is 0 Å². The highest BCUT2D eigenvalue weighted by atomic mass is 127. The van der Waals surface area contributed by atoms with Gasteiger partial charge in [0.05, 0.1) is 32.3 Å². The summed E-state index contributed by atoms with van der Waals surface area (Å²) < 4.78 is 11.5. The van der Waals surface area contributed by atoms with Crippen LogP contribution in [0, 0.1) is 11.3 Å². The summed E-state index contributed by atoms with van der Waals surface area (Å²) >= 11 is 2.23. The maximum absolute atomic E-state index is 11.0. The zero-order chi connectivity index (χ0) is 12.6. The highest BCUT2D eigenvalue weighted by Crippen LogP contribution is 2.26. The Morgan fingerprint density at radius 1 is 1.25 bits per heavy atom. The average molecular weight is 344 g/mol. The molecule has 0 aliphatic rings. The van der Waals surface area contributed by atoms with Gasteiger partial charge in [-0.15, -0.1) is 0 Å². The first-order chi connectivity index (χ1) is 7.39. The van der Waals surface area contributed by atoms with Gasteiger partial charge < -0.3 is 14.6 Å². The van der Waals surface area contributed by atoms with Gasteiger partial charge in [-0.05, 0) is 5.41 Å². The van der Waals surface area contributed by atoms with Crippen LogP contribution in [0.4, 0.5) is 0 Å². The number of ether oxygens (including phenoxy) is 2. The molecule has 0 spiro atoms. The second-order valence-electron chi connectivity index (χ2n) is 4.63. The number of aliphatic carboxylic acids is 1. The van der Waals surface area contributed by atoms with Crippen LogP contribution in [0.15, 0.2) is 0 Å². The van der Waals surface area contributed by atoms with Crippen molar-refractivity contribution in [3.63, 3.8) is 0 Å². The Balaban J connectivity index is 3.75. The van der Waals surface area contributed by atoms with Crippen LogP contribution >= 0.6 is 22.6 Å². The number of halogens is 1. The van der Waals surface area contributed by atoms with Crippen molar-refractivity contribution in [2.24, 2.45) is 11.3 Å². The Hall–Kier alpha value is 0.120. The van der Waals surface area contributed by atoms with Crippen molar-refractivity contribution < 1.29 is 19.4 Å². The fourth-order valence-corrected chi connectivity index (χ4v) is 1.48. The Morgan fingerprint density at radius 2 is 1.81 bits per heavy atom. The Kier molecular flexibility index (Phi) is 8.31. The molecule has 0 saturated carbocycles. The van der Waals surface area contributed by atoms with E-state index in [1.807, 2.05) is 20.8 Å². The van der Waals surface area contributed by atoms with E-state index >= 15 is 0 Å². The lowest BCUT2D eigenvalue weighted by Crippen LogP contribution is -2.32. The molecule has 1 atom stereocenters. The molecule has 1 unspecified atom stereocenters. The Bertz CT molecular complexity index is 201. The monoisotopic (exact) mass is 344 g/mol. The number of hydrogen-bond acceptors (Lipinski definition) is 3. The second kappa shape index (κ2) is 8.25. The van der Waals surface area contributed by atoms with Crippen LogP contribution in [0.5, 0.6) is 0 Å². The normalized spacial score (nSPS) is 13.8. The van der Waals surface area contributed by atoms with Crippen molar-refractivity contribution in [2.45, 2.75) is 20.8 Å². The predicted octanol–water partition coefficient (Wildman–Crippen LogP) is 2.20. The lowest BCUT2D eigenvalue weighted by atomic mass is 9.81. The van der Waals surface area contributed by atoms with Gasteiger partial charge >= 0.3 is 5.97 Å². The van der Waals surface area contributed by atoms with Gasteiger partial charge in [-0.25, -0.2) is 0 Å². The molecule has 0 fully saturated rings. The first-order valence-electron chi connectivity index (χ1n) is 5.34. The average Bonchev–Trinajstić information content (AvgIpc) is 2.13. The van der Waals surface area contributed by atoms with Gasteiger partial charge in [-0.3, -0.25) is 4.79 Å². The first kappa shape index (κ1) is 16.1. The van der Waals surface area contributed by atoms with E-state index in [4.69, 9.17) is 14.6 Å². The van der Waals surface area contributed by atoms with Gasteiger partial charge in [0.2, 0.25) is 0 Å². The molecule has 0 bridgehead atoms. The number of carboxylic acid groups (broad SMARTS) is 1. The quantitative estimate of drug-likeness (QED) is 0.417. The van der Waals surface area contributed by atoms with Crippen molar-refractivity contribution in [3.8, 4) is 0 Å². The molecule has 96 valence electrons. The highest BCUT2D eigenvalue weighted by molar-refractivity contribution is 14.1. The molecular formula is C11H21IO4. The number of hydrogen-bond donors (Lipinski definition) is 1. The summed E-state index contributed by atoms with van der Waals surface area (Å²) in [4.78, 5) is 11.0. The molecule has 1 N–H and O–H groups in total. The van der Waals surface area contributed by atoms with E-state index in [9.17, 15) is 4.79 Å². The SMILES string of the molecule is CC(C)(C)C(COCCOCCI)C(=O)O. The van der Waals surface area contributed by atoms with Crippen LogP contribution in [-0.4, -0.2) is 41.9 Å². The largest absolute Gasteiger partial charge is 0.481 e. The van der Waals surface area contributed by atoms with E-state index < -0.39 is 11.9 Å². The lowest BCUT2D eigenvalue weighted by molar-refractivity contribution is -0.148. The Morgan fingerprint density at radius 3 is 2.25 bits per heavy atom. The van der Waals surface area contributed by atoms with Crippen molar-refractivity contribution in [1.29, 1.82) is 0 Å². The molecule has 0 aromatic carbocycles. The predicted molar refractivity (Wildman–Crippen MR) is 71.1 cm³/mol. The number of carboxylic acids is 1. The van der Waals surface area contributed by atoms with E-state index in [0.717, 1.165) is 4.43 Å². The molecule has 0 radical (unpaired) electrons. The van der Waals surface area contributed by atoms with Crippen LogP contribution < -0.4 is 0 Å². The van der Waals surface area contributed by atoms with Gasteiger partial charge in [0.1, 0.15) is 0 Å². The minimum absolute atomic E-state index is 0.242. The number of alkyl halides is 1. The van der Waals surface area contributed by atoms with Crippen LogP contribution in [-0.2, 0) is 14.3 Å². The molecule has 0 aliphatic heterocycles. The maximum atomic E-state index is 11.0. The zero-order valence-electron chi connectivity index (χ0n) is 10.2. The topological polar surface area (TPSA) is 55.8 Å². The fraction of sp³-hybridized carbons (Fsp3) is 0.909. The molecule has 0 heterocycles. The minimum Gasteiger partial charge on any atom is -0.481 e. The molecule has 5 heteroatoms. The summed E-state index contributed by atoms with van der Waals surface area (Å²) in [6.07, 6.45) is 0. The molecule has 0 aromatic heterocycles. The third-order valence-corrected chi connectivity index (χ3v) is 2.66. The zero-order valence-corrected chi connectivity index (χ0v) is 12.3. The fourth-order valence-electron chi connectivity index (χ4n) is 1.17. The molecule has 0 rings (SSSR count). The molecule has 0 saturated heterocycles. The molecular weight excluding hydrogens is 323 g/mol. The lowest BCUT2D eigenvalue weighted by Gasteiger charge is -2.26. The number of rotatable bonds is 8.